The number of rotatable bonds is 2. The maximum Gasteiger partial charge on any atom is 0.0284 e. The third-order valence-electron chi connectivity index (χ3n) is 3.17. The fraction of sp³-hybridized carbons (Fsp3) is 0.538. The maximum atomic E-state index is 3.69. The van der Waals surface area contributed by atoms with Crippen molar-refractivity contribution in [2.24, 2.45) is 5.41 Å². The predicted octanol–water partition coefficient (Wildman–Crippen LogP) is 3.41. The zero-order chi connectivity index (χ0) is 10.8. The molecule has 0 amide bonds. The second kappa shape index (κ2) is 4.04. The monoisotopic (exact) mass is 191 g/mol. The van der Waals surface area contributed by atoms with E-state index in [1.54, 1.807) is 0 Å². The van der Waals surface area contributed by atoms with E-state index in [9.17, 15) is 0 Å². The predicted molar refractivity (Wildman–Crippen MR) is 63.0 cm³/mol. The zero-order valence-corrected chi connectivity index (χ0v) is 9.72. The van der Waals surface area contributed by atoms with Gasteiger partial charge in [0.2, 0.25) is 0 Å². The van der Waals surface area contributed by atoms with Crippen molar-refractivity contribution < 1.29 is 0 Å². The van der Waals surface area contributed by atoms with Crippen LogP contribution in [0.15, 0.2) is 36.1 Å². The first-order valence-electron chi connectivity index (χ1n) is 5.23. The molecule has 1 aliphatic heterocycles. The maximum absolute atomic E-state index is 3.69. The van der Waals surface area contributed by atoms with Crippen molar-refractivity contribution in [3.05, 3.63) is 36.1 Å². The Morgan fingerprint density at radius 2 is 2.14 bits per heavy atom. The van der Waals surface area contributed by atoms with Crippen LogP contribution < -0.4 is 5.32 Å². The van der Waals surface area contributed by atoms with Crippen molar-refractivity contribution in [2.45, 2.75) is 40.2 Å². The molecule has 1 N–H and O–H groups in total. The van der Waals surface area contributed by atoms with Crippen LogP contribution in [0.25, 0.3) is 0 Å². The summed E-state index contributed by atoms with van der Waals surface area (Å²) in [5.74, 6) is 0. The second-order valence-corrected chi connectivity index (χ2v) is 4.78. The van der Waals surface area contributed by atoms with E-state index in [0.717, 1.165) is 6.42 Å². The van der Waals surface area contributed by atoms with E-state index in [1.807, 2.05) is 12.2 Å². The van der Waals surface area contributed by atoms with Crippen molar-refractivity contribution in [1.29, 1.82) is 0 Å². The molecule has 0 saturated heterocycles. The van der Waals surface area contributed by atoms with Gasteiger partial charge < -0.3 is 5.32 Å². The zero-order valence-electron chi connectivity index (χ0n) is 9.72. The fourth-order valence-corrected chi connectivity index (χ4v) is 1.76. The molecular formula is C13H21N. The van der Waals surface area contributed by atoms with E-state index in [-0.39, 0.29) is 0 Å². The molecule has 0 fully saturated rings. The fourth-order valence-electron chi connectivity index (χ4n) is 1.76. The second-order valence-electron chi connectivity index (χ2n) is 4.78. The van der Waals surface area contributed by atoms with Crippen molar-refractivity contribution in [3.8, 4) is 0 Å². The Morgan fingerprint density at radius 3 is 2.71 bits per heavy atom. The molecule has 1 heterocycles. The minimum Gasteiger partial charge on any atom is -0.385 e. The van der Waals surface area contributed by atoms with Gasteiger partial charge in [-0.15, -0.1) is 0 Å². The highest BCUT2D eigenvalue weighted by atomic mass is 14.9. The van der Waals surface area contributed by atoms with E-state index in [4.69, 9.17) is 0 Å². The Bertz CT molecular complexity index is 282. The SMILES string of the molecule is C=C/C=C\C1=C(C)NC(C)C(C)(C)C1. The average molecular weight is 191 g/mol. The van der Waals surface area contributed by atoms with Gasteiger partial charge in [0.05, 0.1) is 0 Å². The molecule has 14 heavy (non-hydrogen) atoms. The highest BCUT2D eigenvalue weighted by Gasteiger charge is 2.30. The van der Waals surface area contributed by atoms with Crippen LogP contribution in [0.3, 0.4) is 0 Å². The Morgan fingerprint density at radius 1 is 1.50 bits per heavy atom. The highest BCUT2D eigenvalue weighted by Crippen LogP contribution is 2.34. The summed E-state index contributed by atoms with van der Waals surface area (Å²) >= 11 is 0. The summed E-state index contributed by atoms with van der Waals surface area (Å²) in [6.45, 7) is 12.7. The average Bonchev–Trinajstić information content (AvgIpc) is 2.09. The van der Waals surface area contributed by atoms with Gasteiger partial charge >= 0.3 is 0 Å². The lowest BCUT2D eigenvalue weighted by molar-refractivity contribution is 0.251. The number of nitrogens with one attached hydrogen (secondary N) is 1. The minimum atomic E-state index is 0.334. The van der Waals surface area contributed by atoms with Crippen molar-refractivity contribution >= 4 is 0 Å². The van der Waals surface area contributed by atoms with Crippen LogP contribution in [0.4, 0.5) is 0 Å². The molecule has 1 atom stereocenters. The molecule has 1 unspecified atom stereocenters. The summed E-state index contributed by atoms with van der Waals surface area (Å²) < 4.78 is 0. The van der Waals surface area contributed by atoms with Gasteiger partial charge in [0.15, 0.2) is 0 Å². The molecule has 0 aromatic carbocycles. The Labute approximate surface area is 87.6 Å². The van der Waals surface area contributed by atoms with Crippen molar-refractivity contribution in [1.82, 2.24) is 5.32 Å². The molecule has 1 heteroatoms. The summed E-state index contributed by atoms with van der Waals surface area (Å²) in [6, 6.07) is 0.545. The molecular weight excluding hydrogens is 170 g/mol. The summed E-state index contributed by atoms with van der Waals surface area (Å²) in [5, 5.41) is 3.52. The molecule has 1 rings (SSSR count). The molecule has 1 aliphatic rings. The van der Waals surface area contributed by atoms with E-state index in [2.05, 4.69) is 45.7 Å². The smallest absolute Gasteiger partial charge is 0.0284 e. The minimum absolute atomic E-state index is 0.334. The van der Waals surface area contributed by atoms with E-state index in [1.165, 1.54) is 11.3 Å². The number of allylic oxidation sites excluding steroid dienone is 5. The van der Waals surface area contributed by atoms with Crippen molar-refractivity contribution in [2.75, 3.05) is 0 Å². The lowest BCUT2D eigenvalue weighted by atomic mass is 9.76. The van der Waals surface area contributed by atoms with Crippen LogP contribution in [-0.4, -0.2) is 6.04 Å². The number of hydrogen-bond acceptors (Lipinski definition) is 1. The first-order valence-corrected chi connectivity index (χ1v) is 5.23. The molecule has 0 bridgehead atoms. The molecule has 0 aromatic rings. The van der Waals surface area contributed by atoms with Gasteiger partial charge in [-0.2, -0.15) is 0 Å². The topological polar surface area (TPSA) is 12.0 Å². The lowest BCUT2D eigenvalue weighted by Gasteiger charge is -2.39. The summed E-state index contributed by atoms with van der Waals surface area (Å²) in [6.07, 6.45) is 7.12. The Hall–Kier alpha value is -0.980. The normalized spacial score (nSPS) is 26.4. The Kier molecular flexibility index (Phi) is 3.20. The summed E-state index contributed by atoms with van der Waals surface area (Å²) in [4.78, 5) is 0. The van der Waals surface area contributed by atoms with Gasteiger partial charge in [0.1, 0.15) is 0 Å². The van der Waals surface area contributed by atoms with E-state index < -0.39 is 0 Å². The van der Waals surface area contributed by atoms with Gasteiger partial charge in [0, 0.05) is 11.7 Å². The van der Waals surface area contributed by atoms with Crippen LogP contribution in [0.1, 0.15) is 34.1 Å². The van der Waals surface area contributed by atoms with Crippen molar-refractivity contribution in [3.63, 3.8) is 0 Å². The standard InChI is InChI=1S/C13H21N/c1-6-7-8-12-9-13(4,5)11(3)14-10(12)2/h6-8,11,14H,1,9H2,2-5H3/b8-7-. The summed E-state index contributed by atoms with van der Waals surface area (Å²) in [7, 11) is 0. The largest absolute Gasteiger partial charge is 0.385 e. The van der Waals surface area contributed by atoms with Gasteiger partial charge in [-0.05, 0) is 31.3 Å². The van der Waals surface area contributed by atoms with Gasteiger partial charge in [0.25, 0.3) is 0 Å². The molecule has 1 nitrogen and oxygen atoms in total. The third kappa shape index (κ3) is 2.28. The van der Waals surface area contributed by atoms with Crippen LogP contribution in [-0.2, 0) is 0 Å². The van der Waals surface area contributed by atoms with Crippen LogP contribution in [0.2, 0.25) is 0 Å². The summed E-state index contributed by atoms with van der Waals surface area (Å²) in [5.41, 5.74) is 3.03. The molecule has 0 spiro atoms. The molecule has 0 saturated carbocycles. The molecule has 78 valence electrons. The van der Waals surface area contributed by atoms with Gasteiger partial charge in [-0.25, -0.2) is 0 Å². The highest BCUT2D eigenvalue weighted by molar-refractivity contribution is 5.30. The van der Waals surface area contributed by atoms with E-state index in [0.29, 0.717) is 11.5 Å². The van der Waals surface area contributed by atoms with Crippen LogP contribution in [0, 0.1) is 5.41 Å². The Balaban J connectivity index is 2.89. The van der Waals surface area contributed by atoms with Gasteiger partial charge in [-0.3, -0.25) is 0 Å². The first-order chi connectivity index (χ1) is 6.47. The lowest BCUT2D eigenvalue weighted by Crippen LogP contribution is -2.42. The molecule has 0 radical (unpaired) electrons. The molecule has 0 aromatic heterocycles. The third-order valence-corrected chi connectivity index (χ3v) is 3.17. The van der Waals surface area contributed by atoms with Crippen LogP contribution >= 0.6 is 0 Å². The molecule has 0 aliphatic carbocycles. The quantitative estimate of drug-likeness (QED) is 0.659. The van der Waals surface area contributed by atoms with Crippen LogP contribution in [0.5, 0.6) is 0 Å². The van der Waals surface area contributed by atoms with E-state index >= 15 is 0 Å². The number of hydrogen-bond donors (Lipinski definition) is 1. The van der Waals surface area contributed by atoms with Gasteiger partial charge in [-0.1, -0.05) is 38.7 Å². The first kappa shape index (κ1) is 11.1.